The van der Waals surface area contributed by atoms with E-state index in [2.05, 4.69) is 33.1 Å². The Morgan fingerprint density at radius 1 is 1.35 bits per heavy atom. The number of hydrogen-bond donors (Lipinski definition) is 1. The number of halogens is 2. The Balaban J connectivity index is 1.57. The molecule has 1 saturated heterocycles. The zero-order valence-corrected chi connectivity index (χ0v) is 15.7. The third-order valence-electron chi connectivity index (χ3n) is 4.44. The van der Waals surface area contributed by atoms with E-state index >= 15 is 0 Å². The molecule has 1 aliphatic rings. The van der Waals surface area contributed by atoms with Crippen molar-refractivity contribution in [1.82, 2.24) is 10.2 Å². The van der Waals surface area contributed by atoms with Crippen LogP contribution in [0.2, 0.25) is 5.02 Å². The maximum Gasteiger partial charge on any atom is 0.135 e. The zero-order valence-electron chi connectivity index (χ0n) is 13.3. The van der Waals surface area contributed by atoms with Crippen molar-refractivity contribution in [2.24, 2.45) is 0 Å². The summed E-state index contributed by atoms with van der Waals surface area (Å²) in [6, 6.07) is 10.5. The Hall–Kier alpha value is -0.810. The maximum absolute atomic E-state index is 6.28. The van der Waals surface area contributed by atoms with Crippen molar-refractivity contribution in [3.8, 4) is 11.3 Å². The van der Waals surface area contributed by atoms with Crippen LogP contribution in [0.15, 0.2) is 39.2 Å². The molecule has 1 aliphatic heterocycles. The topological polar surface area (TPSA) is 28.4 Å². The number of hydrogen-bond acceptors (Lipinski definition) is 3. The maximum atomic E-state index is 6.28. The Labute approximate surface area is 151 Å². The van der Waals surface area contributed by atoms with E-state index in [0.717, 1.165) is 41.2 Å². The Bertz CT molecular complexity index is 658. The van der Waals surface area contributed by atoms with Crippen molar-refractivity contribution in [1.29, 1.82) is 0 Å². The van der Waals surface area contributed by atoms with Crippen molar-refractivity contribution in [2.45, 2.75) is 32.4 Å². The molecule has 2 aromatic rings. The molecule has 23 heavy (non-hydrogen) atoms. The van der Waals surface area contributed by atoms with E-state index in [1.165, 1.54) is 19.4 Å². The van der Waals surface area contributed by atoms with E-state index in [1.807, 2.05) is 30.3 Å². The van der Waals surface area contributed by atoms with Gasteiger partial charge in [0.2, 0.25) is 0 Å². The Kier molecular flexibility index (Phi) is 5.81. The van der Waals surface area contributed by atoms with E-state index < -0.39 is 0 Å². The monoisotopic (exact) mass is 396 g/mol. The van der Waals surface area contributed by atoms with Crippen LogP contribution in [0, 0.1) is 0 Å². The van der Waals surface area contributed by atoms with Crippen molar-refractivity contribution >= 4 is 27.5 Å². The van der Waals surface area contributed by atoms with Gasteiger partial charge in [0.25, 0.3) is 0 Å². The first kappa shape index (κ1) is 17.0. The second-order valence-electron chi connectivity index (χ2n) is 5.95. The van der Waals surface area contributed by atoms with Crippen LogP contribution in [0.5, 0.6) is 0 Å². The van der Waals surface area contributed by atoms with Crippen LogP contribution in [0.4, 0.5) is 0 Å². The molecule has 1 aromatic heterocycles. The highest BCUT2D eigenvalue weighted by Crippen LogP contribution is 2.31. The lowest BCUT2D eigenvalue weighted by atomic mass is 10.2. The molecular weight excluding hydrogens is 376 g/mol. The SMILES string of the molecule is CCN1CCC[C@@H]1CNCc1ccc(-c2ccc(Br)cc2Cl)o1. The first-order valence-corrected chi connectivity index (χ1v) is 9.33. The van der Waals surface area contributed by atoms with Gasteiger partial charge in [0, 0.05) is 22.6 Å². The normalized spacial score (nSPS) is 18.7. The Morgan fingerprint density at radius 2 is 2.22 bits per heavy atom. The summed E-state index contributed by atoms with van der Waals surface area (Å²) in [4.78, 5) is 2.54. The number of rotatable bonds is 6. The van der Waals surface area contributed by atoms with Crippen molar-refractivity contribution in [3.63, 3.8) is 0 Å². The van der Waals surface area contributed by atoms with E-state index in [9.17, 15) is 0 Å². The quantitative estimate of drug-likeness (QED) is 0.748. The molecular formula is C18H22BrClN2O. The van der Waals surface area contributed by atoms with Gasteiger partial charge < -0.3 is 9.73 Å². The third kappa shape index (κ3) is 4.18. The van der Waals surface area contributed by atoms with Crippen molar-refractivity contribution in [3.05, 3.63) is 45.6 Å². The molecule has 0 radical (unpaired) electrons. The minimum absolute atomic E-state index is 0.662. The Morgan fingerprint density at radius 3 is 3.00 bits per heavy atom. The largest absolute Gasteiger partial charge is 0.460 e. The average Bonchev–Trinajstić information content (AvgIpc) is 3.16. The highest BCUT2D eigenvalue weighted by Gasteiger charge is 2.22. The second-order valence-corrected chi connectivity index (χ2v) is 7.27. The molecule has 0 aliphatic carbocycles. The van der Waals surface area contributed by atoms with Crippen LogP contribution >= 0.6 is 27.5 Å². The summed E-state index contributed by atoms with van der Waals surface area (Å²) in [5, 5.41) is 4.21. The van der Waals surface area contributed by atoms with Crippen LogP contribution in [0.25, 0.3) is 11.3 Å². The molecule has 1 atom stereocenters. The van der Waals surface area contributed by atoms with Crippen LogP contribution < -0.4 is 5.32 Å². The lowest BCUT2D eigenvalue weighted by Gasteiger charge is -2.22. The van der Waals surface area contributed by atoms with Gasteiger partial charge in [0.15, 0.2) is 0 Å². The second kappa shape index (κ2) is 7.84. The highest BCUT2D eigenvalue weighted by molar-refractivity contribution is 9.10. The van der Waals surface area contributed by atoms with Crippen LogP contribution in [0.3, 0.4) is 0 Å². The van der Waals surface area contributed by atoms with Gasteiger partial charge in [-0.3, -0.25) is 4.90 Å². The van der Waals surface area contributed by atoms with Crippen molar-refractivity contribution in [2.75, 3.05) is 19.6 Å². The molecule has 0 spiro atoms. The smallest absolute Gasteiger partial charge is 0.135 e. The minimum atomic E-state index is 0.662. The number of furan rings is 1. The van der Waals surface area contributed by atoms with Crippen LogP contribution in [-0.4, -0.2) is 30.6 Å². The summed E-state index contributed by atoms with van der Waals surface area (Å²) >= 11 is 9.71. The van der Waals surface area contributed by atoms with Gasteiger partial charge in [-0.2, -0.15) is 0 Å². The molecule has 0 unspecified atom stereocenters. The lowest BCUT2D eigenvalue weighted by Crippen LogP contribution is -2.37. The highest BCUT2D eigenvalue weighted by atomic mass is 79.9. The molecule has 5 heteroatoms. The zero-order chi connectivity index (χ0) is 16.2. The third-order valence-corrected chi connectivity index (χ3v) is 5.25. The molecule has 0 amide bonds. The van der Waals surface area contributed by atoms with Gasteiger partial charge in [-0.15, -0.1) is 0 Å². The van der Waals surface area contributed by atoms with Gasteiger partial charge in [0.1, 0.15) is 11.5 Å². The summed E-state index contributed by atoms with van der Waals surface area (Å²) in [6.07, 6.45) is 2.60. The summed E-state index contributed by atoms with van der Waals surface area (Å²) in [6.45, 7) is 6.37. The van der Waals surface area contributed by atoms with Gasteiger partial charge in [0.05, 0.1) is 11.6 Å². The number of nitrogens with zero attached hydrogens (tertiary/aromatic N) is 1. The number of nitrogens with one attached hydrogen (secondary N) is 1. The van der Waals surface area contributed by atoms with Gasteiger partial charge >= 0.3 is 0 Å². The first-order valence-electron chi connectivity index (χ1n) is 8.16. The summed E-state index contributed by atoms with van der Waals surface area (Å²) in [5.74, 6) is 1.76. The minimum Gasteiger partial charge on any atom is -0.460 e. The summed E-state index contributed by atoms with van der Waals surface area (Å²) < 4.78 is 6.90. The first-order chi connectivity index (χ1) is 11.2. The van der Waals surface area contributed by atoms with Gasteiger partial charge in [-0.1, -0.05) is 34.5 Å². The van der Waals surface area contributed by atoms with E-state index in [4.69, 9.17) is 16.0 Å². The van der Waals surface area contributed by atoms with E-state index in [-0.39, 0.29) is 0 Å². The van der Waals surface area contributed by atoms with Crippen LogP contribution in [0.1, 0.15) is 25.5 Å². The predicted octanol–water partition coefficient (Wildman–Crippen LogP) is 4.94. The molecule has 124 valence electrons. The molecule has 0 saturated carbocycles. The molecule has 1 fully saturated rings. The van der Waals surface area contributed by atoms with Gasteiger partial charge in [-0.25, -0.2) is 0 Å². The van der Waals surface area contributed by atoms with Gasteiger partial charge in [-0.05, 0) is 56.3 Å². The molecule has 1 N–H and O–H groups in total. The lowest BCUT2D eigenvalue weighted by molar-refractivity contribution is 0.258. The summed E-state index contributed by atoms with van der Waals surface area (Å²) in [7, 11) is 0. The number of likely N-dealkylation sites (N-methyl/N-ethyl adjacent to an activating group) is 1. The van der Waals surface area contributed by atoms with Crippen LogP contribution in [-0.2, 0) is 6.54 Å². The number of benzene rings is 1. The van der Waals surface area contributed by atoms with Crippen molar-refractivity contribution < 1.29 is 4.42 Å². The fraction of sp³-hybridized carbons (Fsp3) is 0.444. The van der Waals surface area contributed by atoms with E-state index in [0.29, 0.717) is 11.1 Å². The number of likely N-dealkylation sites (tertiary alicyclic amines) is 1. The molecule has 0 bridgehead atoms. The summed E-state index contributed by atoms with van der Waals surface area (Å²) in [5.41, 5.74) is 0.925. The molecule has 3 nitrogen and oxygen atoms in total. The predicted molar refractivity (Wildman–Crippen MR) is 98.8 cm³/mol. The molecule has 3 rings (SSSR count). The standard InChI is InChI=1S/C18H22BrClN2O/c1-2-22-9-3-4-14(22)11-21-12-15-6-8-18(23-15)16-7-5-13(19)10-17(16)20/h5-8,10,14,21H,2-4,9,11-12H2,1H3/t14-/m1/s1. The fourth-order valence-electron chi connectivity index (χ4n) is 3.21. The molecule has 1 aromatic carbocycles. The fourth-order valence-corrected chi connectivity index (χ4v) is 3.98. The molecule has 2 heterocycles. The average molecular weight is 398 g/mol. The van der Waals surface area contributed by atoms with E-state index in [1.54, 1.807) is 0 Å².